The van der Waals surface area contributed by atoms with Gasteiger partial charge in [-0.15, -0.1) is 0 Å². The van der Waals surface area contributed by atoms with Crippen LogP contribution in [0.5, 0.6) is 0 Å². The number of aromatic nitrogens is 4. The predicted molar refractivity (Wildman–Crippen MR) is 120 cm³/mol. The molecule has 9 heteroatoms. The first kappa shape index (κ1) is 21.5. The molecule has 1 fully saturated rings. The third-order valence-corrected chi connectivity index (χ3v) is 7.88. The summed E-state index contributed by atoms with van der Waals surface area (Å²) in [5, 5.41) is 0. The van der Waals surface area contributed by atoms with Crippen LogP contribution in [0.1, 0.15) is 28.3 Å². The van der Waals surface area contributed by atoms with Crippen LogP contribution in [0.15, 0.2) is 35.5 Å². The van der Waals surface area contributed by atoms with Crippen molar-refractivity contribution in [3.05, 3.63) is 58.9 Å². The molecule has 164 valence electrons. The zero-order valence-electron chi connectivity index (χ0n) is 18.6. The van der Waals surface area contributed by atoms with Gasteiger partial charge >= 0.3 is 0 Å². The van der Waals surface area contributed by atoms with Gasteiger partial charge in [-0.3, -0.25) is 4.57 Å². The van der Waals surface area contributed by atoms with Crippen molar-refractivity contribution in [3.63, 3.8) is 0 Å². The van der Waals surface area contributed by atoms with Crippen molar-refractivity contribution in [1.82, 2.24) is 23.8 Å². The van der Waals surface area contributed by atoms with E-state index in [1.807, 2.05) is 57.4 Å². The van der Waals surface area contributed by atoms with E-state index in [9.17, 15) is 8.42 Å². The van der Waals surface area contributed by atoms with E-state index in [4.69, 9.17) is 0 Å². The molecule has 1 aliphatic rings. The van der Waals surface area contributed by atoms with Crippen LogP contribution < -0.4 is 4.90 Å². The number of hydrogen-bond donors (Lipinski definition) is 0. The minimum atomic E-state index is -3.52. The Morgan fingerprint density at radius 1 is 0.871 bits per heavy atom. The number of nitrogens with zero attached hydrogens (tertiary/aromatic N) is 6. The monoisotopic (exact) mass is 440 g/mol. The summed E-state index contributed by atoms with van der Waals surface area (Å²) >= 11 is 0. The molecule has 0 radical (unpaired) electrons. The van der Waals surface area contributed by atoms with Gasteiger partial charge in [0.05, 0.1) is 10.6 Å². The van der Waals surface area contributed by atoms with E-state index in [1.54, 1.807) is 16.7 Å². The van der Waals surface area contributed by atoms with Crippen LogP contribution >= 0.6 is 0 Å². The van der Waals surface area contributed by atoms with Crippen LogP contribution in [0.25, 0.3) is 5.82 Å². The average Bonchev–Trinajstić information content (AvgIpc) is 3.06. The molecule has 0 unspecified atom stereocenters. The Hall–Kier alpha value is -2.78. The van der Waals surface area contributed by atoms with Crippen molar-refractivity contribution in [2.75, 3.05) is 31.1 Å². The molecular weight excluding hydrogens is 412 g/mol. The van der Waals surface area contributed by atoms with E-state index in [0.29, 0.717) is 36.9 Å². The maximum absolute atomic E-state index is 13.2. The molecule has 2 aromatic heterocycles. The SMILES string of the molecule is Cc1ccc(S(=O)(=O)N2CCN(c3cc(-n4cnc(C)c4C)nc(C)n3)CC2)c(C)c1. The van der Waals surface area contributed by atoms with Crippen molar-refractivity contribution in [2.24, 2.45) is 0 Å². The highest BCUT2D eigenvalue weighted by Gasteiger charge is 2.30. The number of hydrogen-bond acceptors (Lipinski definition) is 6. The van der Waals surface area contributed by atoms with Gasteiger partial charge in [0.2, 0.25) is 10.0 Å². The lowest BCUT2D eigenvalue weighted by atomic mass is 10.2. The van der Waals surface area contributed by atoms with Crippen LogP contribution in [0.2, 0.25) is 0 Å². The van der Waals surface area contributed by atoms with Gasteiger partial charge < -0.3 is 4.90 Å². The highest BCUT2D eigenvalue weighted by atomic mass is 32.2. The van der Waals surface area contributed by atoms with E-state index in [2.05, 4.69) is 19.9 Å². The fraction of sp³-hybridized carbons (Fsp3) is 0.409. The van der Waals surface area contributed by atoms with Crippen molar-refractivity contribution in [2.45, 2.75) is 39.5 Å². The molecule has 4 rings (SSSR count). The molecule has 0 N–H and O–H groups in total. The third-order valence-electron chi connectivity index (χ3n) is 5.82. The Morgan fingerprint density at radius 3 is 2.16 bits per heavy atom. The second kappa shape index (κ2) is 8.05. The van der Waals surface area contributed by atoms with Crippen molar-refractivity contribution in [1.29, 1.82) is 0 Å². The van der Waals surface area contributed by atoms with E-state index in [0.717, 1.165) is 34.2 Å². The number of rotatable bonds is 4. The number of sulfonamides is 1. The van der Waals surface area contributed by atoms with Gasteiger partial charge in [-0.1, -0.05) is 17.7 Å². The Kier molecular flexibility index (Phi) is 5.57. The number of imidazole rings is 1. The van der Waals surface area contributed by atoms with Crippen molar-refractivity contribution >= 4 is 15.8 Å². The molecule has 1 aromatic carbocycles. The first-order valence-corrected chi connectivity index (χ1v) is 11.8. The smallest absolute Gasteiger partial charge is 0.243 e. The van der Waals surface area contributed by atoms with Crippen LogP contribution in [-0.2, 0) is 10.0 Å². The van der Waals surface area contributed by atoms with Crippen LogP contribution in [0, 0.1) is 34.6 Å². The molecule has 1 saturated heterocycles. The molecule has 0 bridgehead atoms. The molecular formula is C22H28N6O2S. The first-order valence-electron chi connectivity index (χ1n) is 10.4. The summed E-state index contributed by atoms with van der Waals surface area (Å²) in [4.78, 5) is 16.0. The van der Waals surface area contributed by atoms with Crippen molar-refractivity contribution in [3.8, 4) is 5.82 Å². The van der Waals surface area contributed by atoms with Gasteiger partial charge in [0.15, 0.2) is 0 Å². The normalized spacial score (nSPS) is 15.5. The zero-order valence-corrected chi connectivity index (χ0v) is 19.4. The van der Waals surface area contributed by atoms with E-state index in [-0.39, 0.29) is 0 Å². The highest BCUT2D eigenvalue weighted by molar-refractivity contribution is 7.89. The maximum atomic E-state index is 13.2. The quantitative estimate of drug-likeness (QED) is 0.620. The Morgan fingerprint density at radius 2 is 1.55 bits per heavy atom. The Balaban J connectivity index is 1.54. The van der Waals surface area contributed by atoms with E-state index in [1.165, 1.54) is 0 Å². The lowest BCUT2D eigenvalue weighted by molar-refractivity contribution is 0.383. The zero-order chi connectivity index (χ0) is 22.3. The van der Waals surface area contributed by atoms with Crippen LogP contribution in [0.3, 0.4) is 0 Å². The molecule has 3 heterocycles. The standard InChI is InChI=1S/C22H28N6O2S/c1-15-6-7-20(16(2)12-15)31(29,30)27-10-8-26(9-11-27)21-13-22(25-19(5)24-21)28-14-23-17(3)18(28)4/h6-7,12-14H,8-11H2,1-5H3. The molecule has 3 aromatic rings. The number of benzene rings is 1. The van der Waals surface area contributed by atoms with Gasteiger partial charge in [0, 0.05) is 37.9 Å². The van der Waals surface area contributed by atoms with Crippen LogP contribution in [-0.4, -0.2) is 58.4 Å². The van der Waals surface area contributed by atoms with E-state index < -0.39 is 10.0 Å². The summed E-state index contributed by atoms with van der Waals surface area (Å²) in [7, 11) is -3.52. The molecule has 8 nitrogen and oxygen atoms in total. The lowest BCUT2D eigenvalue weighted by Gasteiger charge is -2.35. The largest absolute Gasteiger partial charge is 0.354 e. The van der Waals surface area contributed by atoms with Crippen LogP contribution in [0.4, 0.5) is 5.82 Å². The third kappa shape index (κ3) is 4.07. The van der Waals surface area contributed by atoms with Gasteiger partial charge in [-0.2, -0.15) is 4.31 Å². The highest BCUT2D eigenvalue weighted by Crippen LogP contribution is 2.24. The van der Waals surface area contributed by atoms with Crippen molar-refractivity contribution < 1.29 is 8.42 Å². The summed E-state index contributed by atoms with van der Waals surface area (Å²) in [6.07, 6.45) is 1.77. The molecule has 0 saturated carbocycles. The first-order chi connectivity index (χ1) is 14.7. The van der Waals surface area contributed by atoms with Gasteiger partial charge in [-0.25, -0.2) is 23.4 Å². The molecule has 31 heavy (non-hydrogen) atoms. The topological polar surface area (TPSA) is 84.2 Å². The molecule has 0 atom stereocenters. The number of anilines is 1. The summed E-state index contributed by atoms with van der Waals surface area (Å²) in [5.41, 5.74) is 3.83. The Bertz CT molecular complexity index is 1230. The van der Waals surface area contributed by atoms with Gasteiger partial charge in [0.1, 0.15) is 23.8 Å². The van der Waals surface area contributed by atoms with Gasteiger partial charge in [0.25, 0.3) is 0 Å². The predicted octanol–water partition coefficient (Wildman–Crippen LogP) is 2.72. The minimum Gasteiger partial charge on any atom is -0.354 e. The molecule has 0 amide bonds. The maximum Gasteiger partial charge on any atom is 0.243 e. The number of piperazine rings is 1. The second-order valence-corrected chi connectivity index (χ2v) is 9.98. The molecule has 1 aliphatic heterocycles. The fourth-order valence-corrected chi connectivity index (χ4v) is 5.57. The van der Waals surface area contributed by atoms with E-state index >= 15 is 0 Å². The average molecular weight is 441 g/mol. The summed E-state index contributed by atoms with van der Waals surface area (Å²) in [6.45, 7) is 11.6. The van der Waals surface area contributed by atoms with Gasteiger partial charge in [-0.05, 0) is 46.2 Å². The summed E-state index contributed by atoms with van der Waals surface area (Å²) in [6, 6.07) is 7.41. The molecule has 0 aliphatic carbocycles. The molecule has 0 spiro atoms. The Labute approximate surface area is 183 Å². The number of aryl methyl sites for hydroxylation is 4. The lowest BCUT2D eigenvalue weighted by Crippen LogP contribution is -2.49. The summed E-state index contributed by atoms with van der Waals surface area (Å²) < 4.78 is 29.9. The second-order valence-electron chi connectivity index (χ2n) is 8.08. The fourth-order valence-electron chi connectivity index (χ4n) is 3.94. The minimum absolute atomic E-state index is 0.387. The summed E-state index contributed by atoms with van der Waals surface area (Å²) in [5.74, 6) is 2.24.